The maximum absolute atomic E-state index is 10.4. The molecule has 1 atom stereocenters. The second-order valence-corrected chi connectivity index (χ2v) is 5.69. The smallest absolute Gasteiger partial charge is 0.0956 e. The van der Waals surface area contributed by atoms with E-state index in [0.717, 1.165) is 33.7 Å². The number of hydrogen-bond acceptors (Lipinski definition) is 4. The second kappa shape index (κ2) is 5.34. The summed E-state index contributed by atoms with van der Waals surface area (Å²) in [5.41, 5.74) is 4.75. The molecular formula is C15H17N3OS. The Balaban J connectivity index is 1.97. The SMILES string of the molecule is CCn1nc(CC(O)c2scnc2C)c2ccccc21. The van der Waals surface area contributed by atoms with E-state index >= 15 is 0 Å². The van der Waals surface area contributed by atoms with Gasteiger partial charge in [-0.25, -0.2) is 4.98 Å². The summed E-state index contributed by atoms with van der Waals surface area (Å²) in [7, 11) is 0. The molecule has 0 radical (unpaired) electrons. The number of aryl methyl sites for hydroxylation is 2. The number of benzene rings is 1. The number of hydrogen-bond donors (Lipinski definition) is 1. The van der Waals surface area contributed by atoms with Gasteiger partial charge in [-0.2, -0.15) is 5.10 Å². The summed E-state index contributed by atoms with van der Waals surface area (Å²) in [5.74, 6) is 0. The lowest BCUT2D eigenvalue weighted by atomic mass is 10.1. The minimum Gasteiger partial charge on any atom is -0.387 e. The third kappa shape index (κ3) is 2.23. The van der Waals surface area contributed by atoms with Crippen LogP contribution in [0.15, 0.2) is 29.8 Å². The molecule has 1 unspecified atom stereocenters. The molecule has 0 spiro atoms. The van der Waals surface area contributed by atoms with Crippen molar-refractivity contribution in [2.75, 3.05) is 0 Å². The van der Waals surface area contributed by atoms with Crippen molar-refractivity contribution in [2.45, 2.75) is 32.9 Å². The number of rotatable bonds is 4. The molecule has 0 bridgehead atoms. The van der Waals surface area contributed by atoms with Gasteiger partial charge < -0.3 is 5.11 Å². The van der Waals surface area contributed by atoms with Gasteiger partial charge in [-0.05, 0) is 19.9 Å². The molecule has 3 rings (SSSR count). The molecule has 2 aromatic heterocycles. The average molecular weight is 287 g/mol. The van der Waals surface area contributed by atoms with Crippen LogP contribution in [0.4, 0.5) is 0 Å². The molecule has 0 aliphatic carbocycles. The Kier molecular flexibility index (Phi) is 3.54. The lowest BCUT2D eigenvalue weighted by Crippen LogP contribution is -2.03. The Labute approximate surface area is 121 Å². The number of thiazole rings is 1. The molecular weight excluding hydrogens is 270 g/mol. The second-order valence-electron chi connectivity index (χ2n) is 4.80. The van der Waals surface area contributed by atoms with Gasteiger partial charge in [0.25, 0.3) is 0 Å². The minimum atomic E-state index is -0.536. The zero-order chi connectivity index (χ0) is 14.1. The molecule has 104 valence electrons. The Morgan fingerprint density at radius 3 is 2.85 bits per heavy atom. The van der Waals surface area contributed by atoms with E-state index in [0.29, 0.717) is 6.42 Å². The van der Waals surface area contributed by atoms with Gasteiger partial charge in [-0.15, -0.1) is 11.3 Å². The molecule has 20 heavy (non-hydrogen) atoms. The molecule has 2 heterocycles. The quantitative estimate of drug-likeness (QED) is 0.802. The molecule has 0 aliphatic heterocycles. The number of nitrogens with zero attached hydrogens (tertiary/aromatic N) is 3. The van der Waals surface area contributed by atoms with Gasteiger partial charge in [0.05, 0.1) is 33.4 Å². The van der Waals surface area contributed by atoms with Crippen molar-refractivity contribution in [2.24, 2.45) is 0 Å². The largest absolute Gasteiger partial charge is 0.387 e. The van der Waals surface area contributed by atoms with Crippen LogP contribution >= 0.6 is 11.3 Å². The summed E-state index contributed by atoms with van der Waals surface area (Å²) >= 11 is 1.50. The molecule has 4 nitrogen and oxygen atoms in total. The highest BCUT2D eigenvalue weighted by molar-refractivity contribution is 7.09. The van der Waals surface area contributed by atoms with Crippen LogP contribution in [0.1, 0.15) is 29.3 Å². The number of aromatic nitrogens is 3. The Morgan fingerprint density at radius 1 is 1.35 bits per heavy atom. The lowest BCUT2D eigenvalue weighted by Gasteiger charge is -2.07. The van der Waals surface area contributed by atoms with Crippen molar-refractivity contribution < 1.29 is 5.11 Å². The van der Waals surface area contributed by atoms with Crippen molar-refractivity contribution >= 4 is 22.2 Å². The first-order chi connectivity index (χ1) is 9.70. The lowest BCUT2D eigenvalue weighted by molar-refractivity contribution is 0.180. The third-order valence-electron chi connectivity index (χ3n) is 3.51. The first kappa shape index (κ1) is 13.3. The maximum atomic E-state index is 10.4. The fraction of sp³-hybridized carbons (Fsp3) is 0.333. The van der Waals surface area contributed by atoms with E-state index in [1.807, 2.05) is 23.7 Å². The Hall–Kier alpha value is -1.72. The van der Waals surface area contributed by atoms with Crippen LogP contribution in [0.2, 0.25) is 0 Å². The first-order valence-electron chi connectivity index (χ1n) is 6.73. The minimum absolute atomic E-state index is 0.524. The monoisotopic (exact) mass is 287 g/mol. The van der Waals surface area contributed by atoms with Gasteiger partial charge in [-0.1, -0.05) is 18.2 Å². The summed E-state index contributed by atoms with van der Waals surface area (Å²) < 4.78 is 1.98. The van der Waals surface area contributed by atoms with Crippen LogP contribution < -0.4 is 0 Å². The van der Waals surface area contributed by atoms with E-state index in [9.17, 15) is 5.11 Å². The maximum Gasteiger partial charge on any atom is 0.0956 e. The number of aliphatic hydroxyl groups excluding tert-OH is 1. The van der Waals surface area contributed by atoms with Gasteiger partial charge >= 0.3 is 0 Å². The van der Waals surface area contributed by atoms with E-state index in [1.54, 1.807) is 5.51 Å². The van der Waals surface area contributed by atoms with E-state index in [2.05, 4.69) is 29.1 Å². The highest BCUT2D eigenvalue weighted by Crippen LogP contribution is 2.27. The van der Waals surface area contributed by atoms with E-state index < -0.39 is 6.10 Å². The Morgan fingerprint density at radius 2 is 2.15 bits per heavy atom. The summed E-state index contributed by atoms with van der Waals surface area (Å²) in [5, 5.41) is 16.2. The van der Waals surface area contributed by atoms with Crippen molar-refractivity contribution in [3.8, 4) is 0 Å². The number of aliphatic hydroxyl groups is 1. The standard InChI is InChI=1S/C15H17N3OS/c1-3-18-13-7-5-4-6-11(13)12(17-18)8-14(19)15-10(2)16-9-20-15/h4-7,9,14,19H,3,8H2,1-2H3. The van der Waals surface area contributed by atoms with Crippen LogP contribution in [0.3, 0.4) is 0 Å². The molecule has 0 saturated heterocycles. The predicted octanol–water partition coefficient (Wildman–Crippen LogP) is 3.10. The normalized spacial score (nSPS) is 12.9. The zero-order valence-corrected chi connectivity index (χ0v) is 12.4. The van der Waals surface area contributed by atoms with Gasteiger partial charge in [0, 0.05) is 18.4 Å². The highest BCUT2D eigenvalue weighted by atomic mass is 32.1. The van der Waals surface area contributed by atoms with Crippen LogP contribution in [-0.2, 0) is 13.0 Å². The van der Waals surface area contributed by atoms with Gasteiger partial charge in [0.1, 0.15) is 0 Å². The third-order valence-corrected chi connectivity index (χ3v) is 4.54. The molecule has 1 aromatic carbocycles. The molecule has 0 aliphatic rings. The van der Waals surface area contributed by atoms with Gasteiger partial charge in [0.2, 0.25) is 0 Å². The molecule has 0 saturated carbocycles. The summed E-state index contributed by atoms with van der Waals surface area (Å²) in [6.07, 6.45) is -0.0117. The van der Waals surface area contributed by atoms with Gasteiger partial charge in [-0.3, -0.25) is 4.68 Å². The fourth-order valence-electron chi connectivity index (χ4n) is 2.49. The summed E-state index contributed by atoms with van der Waals surface area (Å²) in [4.78, 5) is 5.13. The topological polar surface area (TPSA) is 50.9 Å². The summed E-state index contributed by atoms with van der Waals surface area (Å²) in [6.45, 7) is 4.83. The molecule has 0 fully saturated rings. The van der Waals surface area contributed by atoms with E-state index in [-0.39, 0.29) is 0 Å². The highest BCUT2D eigenvalue weighted by Gasteiger charge is 2.18. The fourth-order valence-corrected chi connectivity index (χ4v) is 3.28. The van der Waals surface area contributed by atoms with Crippen molar-refractivity contribution in [3.63, 3.8) is 0 Å². The molecule has 0 amide bonds. The van der Waals surface area contributed by atoms with Crippen LogP contribution in [-0.4, -0.2) is 19.9 Å². The van der Waals surface area contributed by atoms with Crippen LogP contribution in [0.25, 0.3) is 10.9 Å². The van der Waals surface area contributed by atoms with Crippen LogP contribution in [0, 0.1) is 6.92 Å². The predicted molar refractivity (Wildman–Crippen MR) is 80.9 cm³/mol. The Bertz CT molecular complexity index is 732. The van der Waals surface area contributed by atoms with Gasteiger partial charge in [0.15, 0.2) is 0 Å². The van der Waals surface area contributed by atoms with Crippen molar-refractivity contribution in [1.29, 1.82) is 0 Å². The van der Waals surface area contributed by atoms with Crippen LogP contribution in [0.5, 0.6) is 0 Å². The molecule has 1 N–H and O–H groups in total. The number of para-hydroxylation sites is 1. The van der Waals surface area contributed by atoms with E-state index in [4.69, 9.17) is 0 Å². The zero-order valence-electron chi connectivity index (χ0n) is 11.6. The first-order valence-corrected chi connectivity index (χ1v) is 7.61. The van der Waals surface area contributed by atoms with Crippen molar-refractivity contribution in [3.05, 3.63) is 46.0 Å². The van der Waals surface area contributed by atoms with E-state index in [1.165, 1.54) is 11.3 Å². The average Bonchev–Trinajstić information content (AvgIpc) is 3.03. The molecule has 5 heteroatoms. The summed E-state index contributed by atoms with van der Waals surface area (Å²) in [6, 6.07) is 8.16. The number of fused-ring (bicyclic) bond motifs is 1. The van der Waals surface area contributed by atoms with Crippen molar-refractivity contribution in [1.82, 2.24) is 14.8 Å². The molecule has 3 aromatic rings.